The van der Waals surface area contributed by atoms with Gasteiger partial charge in [0, 0.05) is 17.8 Å². The minimum atomic E-state index is -0.539. The van der Waals surface area contributed by atoms with E-state index in [0.717, 1.165) is 11.3 Å². The molecule has 0 saturated heterocycles. The van der Waals surface area contributed by atoms with E-state index in [2.05, 4.69) is 10.6 Å². The second kappa shape index (κ2) is 6.97. The molecule has 0 bridgehead atoms. The summed E-state index contributed by atoms with van der Waals surface area (Å²) in [4.78, 5) is 34.7. The fourth-order valence-corrected chi connectivity index (χ4v) is 2.79. The van der Waals surface area contributed by atoms with Crippen LogP contribution in [0.3, 0.4) is 0 Å². The number of nitro groups is 1. The third kappa shape index (κ3) is 3.90. The number of hydrogen-bond donors (Lipinski definition) is 2. The average Bonchev–Trinajstić information content (AvgIpc) is 3.26. The van der Waals surface area contributed by atoms with E-state index in [1.165, 1.54) is 30.5 Å². The number of anilines is 2. The van der Waals surface area contributed by atoms with Crippen molar-refractivity contribution in [3.8, 4) is 0 Å². The van der Waals surface area contributed by atoms with Crippen LogP contribution in [0.15, 0.2) is 59.2 Å². The third-order valence-electron chi connectivity index (χ3n) is 3.13. The molecule has 3 aromatic rings. The molecule has 0 radical (unpaired) electrons. The molecule has 0 aliphatic rings. The molecule has 0 aliphatic carbocycles. The third-order valence-corrected chi connectivity index (χ3v) is 4.13. The topological polar surface area (TPSA) is 114 Å². The Labute approximate surface area is 145 Å². The maximum Gasteiger partial charge on any atom is 0.291 e. The van der Waals surface area contributed by atoms with Crippen LogP contribution in [-0.2, 0) is 0 Å². The van der Waals surface area contributed by atoms with E-state index in [9.17, 15) is 19.7 Å². The highest BCUT2D eigenvalue weighted by molar-refractivity contribution is 7.18. The van der Waals surface area contributed by atoms with Gasteiger partial charge in [0.15, 0.2) is 5.76 Å². The number of amides is 2. The van der Waals surface area contributed by atoms with Crippen molar-refractivity contribution in [2.75, 3.05) is 10.6 Å². The largest absolute Gasteiger partial charge is 0.459 e. The average molecular weight is 357 g/mol. The summed E-state index contributed by atoms with van der Waals surface area (Å²) in [6.45, 7) is 0. The van der Waals surface area contributed by atoms with E-state index >= 15 is 0 Å². The van der Waals surface area contributed by atoms with Gasteiger partial charge in [-0.15, -0.1) is 11.3 Å². The molecule has 0 saturated carbocycles. The van der Waals surface area contributed by atoms with Crippen LogP contribution in [0.5, 0.6) is 0 Å². The van der Waals surface area contributed by atoms with Gasteiger partial charge in [0.25, 0.3) is 17.5 Å². The Balaban J connectivity index is 1.67. The van der Waals surface area contributed by atoms with Gasteiger partial charge in [0.05, 0.1) is 21.1 Å². The zero-order chi connectivity index (χ0) is 17.8. The summed E-state index contributed by atoms with van der Waals surface area (Å²) in [5.74, 6) is -0.683. The van der Waals surface area contributed by atoms with Crippen molar-refractivity contribution in [2.45, 2.75) is 0 Å². The molecule has 0 aliphatic heterocycles. The Morgan fingerprint density at radius 3 is 2.60 bits per heavy atom. The maximum absolute atomic E-state index is 12.2. The number of furan rings is 1. The molecule has 0 spiro atoms. The van der Waals surface area contributed by atoms with Gasteiger partial charge in [-0.3, -0.25) is 19.7 Å². The molecular formula is C16H11N3O5S. The lowest BCUT2D eigenvalue weighted by molar-refractivity contribution is -0.384. The van der Waals surface area contributed by atoms with E-state index in [-0.39, 0.29) is 11.4 Å². The molecule has 0 unspecified atom stereocenters. The number of nitro benzene ring substituents is 1. The summed E-state index contributed by atoms with van der Waals surface area (Å²) in [7, 11) is 0. The van der Waals surface area contributed by atoms with Crippen LogP contribution in [-0.4, -0.2) is 16.7 Å². The number of non-ortho nitro benzene ring substituents is 1. The molecule has 2 heterocycles. The number of carbonyl (C=O) groups excluding carboxylic acids is 2. The van der Waals surface area contributed by atoms with Gasteiger partial charge >= 0.3 is 0 Å². The molecule has 2 aromatic heterocycles. The van der Waals surface area contributed by atoms with Gasteiger partial charge in [0.2, 0.25) is 0 Å². The Morgan fingerprint density at radius 1 is 1.04 bits per heavy atom. The number of benzene rings is 1. The van der Waals surface area contributed by atoms with Crippen LogP contribution < -0.4 is 10.6 Å². The van der Waals surface area contributed by atoms with Crippen LogP contribution in [0, 0.1) is 10.1 Å². The van der Waals surface area contributed by atoms with Gasteiger partial charge < -0.3 is 15.1 Å². The highest BCUT2D eigenvalue weighted by atomic mass is 32.1. The second-order valence-corrected chi connectivity index (χ2v) is 5.94. The first-order valence-corrected chi connectivity index (χ1v) is 7.85. The van der Waals surface area contributed by atoms with Crippen molar-refractivity contribution < 1.29 is 18.9 Å². The Morgan fingerprint density at radius 2 is 1.88 bits per heavy atom. The highest BCUT2D eigenvalue weighted by Crippen LogP contribution is 2.24. The molecule has 0 atom stereocenters. The molecule has 8 nitrogen and oxygen atoms in total. The molecule has 9 heteroatoms. The SMILES string of the molecule is O=C(Nc1ccc(C(=O)Nc2cccc([N+](=O)[O-])c2)s1)c1ccco1. The number of rotatable bonds is 5. The fraction of sp³-hybridized carbons (Fsp3) is 0. The number of nitrogens with one attached hydrogen (secondary N) is 2. The fourth-order valence-electron chi connectivity index (χ4n) is 2.00. The first-order chi connectivity index (χ1) is 12.0. The number of hydrogen-bond acceptors (Lipinski definition) is 6. The molecular weight excluding hydrogens is 346 g/mol. The quantitative estimate of drug-likeness (QED) is 0.533. The second-order valence-electron chi connectivity index (χ2n) is 4.86. The maximum atomic E-state index is 12.2. The smallest absolute Gasteiger partial charge is 0.291 e. The molecule has 1 aromatic carbocycles. The number of nitrogens with zero attached hydrogens (tertiary/aromatic N) is 1. The summed E-state index contributed by atoms with van der Waals surface area (Å²) >= 11 is 1.08. The number of thiophene rings is 1. The zero-order valence-electron chi connectivity index (χ0n) is 12.6. The van der Waals surface area contributed by atoms with E-state index in [1.54, 1.807) is 24.3 Å². The predicted octanol–water partition coefficient (Wildman–Crippen LogP) is 3.75. The predicted molar refractivity (Wildman–Crippen MR) is 92.0 cm³/mol. The van der Waals surface area contributed by atoms with Crippen molar-refractivity contribution >= 4 is 39.5 Å². The van der Waals surface area contributed by atoms with Crippen LogP contribution in [0.4, 0.5) is 16.4 Å². The minimum Gasteiger partial charge on any atom is -0.459 e. The molecule has 2 amide bonds. The zero-order valence-corrected chi connectivity index (χ0v) is 13.4. The van der Waals surface area contributed by atoms with E-state index in [4.69, 9.17) is 4.42 Å². The van der Waals surface area contributed by atoms with Gasteiger partial charge in [-0.05, 0) is 30.3 Å². The van der Waals surface area contributed by atoms with Crippen molar-refractivity contribution in [3.63, 3.8) is 0 Å². The summed E-state index contributed by atoms with van der Waals surface area (Å²) in [5, 5.41) is 16.4. The van der Waals surface area contributed by atoms with Crippen LogP contribution in [0.1, 0.15) is 20.2 Å². The van der Waals surface area contributed by atoms with Gasteiger partial charge in [-0.1, -0.05) is 6.07 Å². The Bertz CT molecular complexity index is 933. The van der Waals surface area contributed by atoms with Crippen molar-refractivity contribution in [1.82, 2.24) is 0 Å². The lowest BCUT2D eigenvalue weighted by Gasteiger charge is -2.03. The summed E-state index contributed by atoms with van der Waals surface area (Å²) < 4.78 is 4.99. The van der Waals surface area contributed by atoms with Crippen LogP contribution >= 0.6 is 11.3 Å². The lowest BCUT2D eigenvalue weighted by atomic mass is 10.3. The van der Waals surface area contributed by atoms with E-state index in [0.29, 0.717) is 15.6 Å². The summed E-state index contributed by atoms with van der Waals surface area (Å²) in [6.07, 6.45) is 1.39. The Kier molecular flexibility index (Phi) is 4.57. The van der Waals surface area contributed by atoms with Crippen LogP contribution in [0.25, 0.3) is 0 Å². The van der Waals surface area contributed by atoms with Crippen molar-refractivity contribution in [1.29, 1.82) is 0 Å². The summed E-state index contributed by atoms with van der Waals surface area (Å²) in [5.41, 5.74) is 0.198. The summed E-state index contributed by atoms with van der Waals surface area (Å²) in [6, 6.07) is 11.9. The first kappa shape index (κ1) is 16.4. The van der Waals surface area contributed by atoms with E-state index < -0.39 is 16.7 Å². The van der Waals surface area contributed by atoms with Gasteiger partial charge in [0.1, 0.15) is 0 Å². The molecule has 25 heavy (non-hydrogen) atoms. The molecule has 0 fully saturated rings. The lowest BCUT2D eigenvalue weighted by Crippen LogP contribution is -2.10. The number of carbonyl (C=O) groups is 2. The standard InChI is InChI=1S/C16H11N3O5S/c20-15(12-5-2-8-24-12)18-14-7-6-13(25-14)16(21)17-10-3-1-4-11(9-10)19(22)23/h1-9H,(H,17,21)(H,18,20). The first-order valence-electron chi connectivity index (χ1n) is 7.03. The minimum absolute atomic E-state index is 0.115. The molecule has 3 rings (SSSR count). The normalized spacial score (nSPS) is 10.2. The molecule has 126 valence electrons. The van der Waals surface area contributed by atoms with Crippen molar-refractivity contribution in [2.24, 2.45) is 0 Å². The van der Waals surface area contributed by atoms with Gasteiger partial charge in [-0.25, -0.2) is 0 Å². The Hall–Kier alpha value is -3.46. The highest BCUT2D eigenvalue weighted by Gasteiger charge is 2.14. The van der Waals surface area contributed by atoms with Gasteiger partial charge in [-0.2, -0.15) is 0 Å². The van der Waals surface area contributed by atoms with Crippen molar-refractivity contribution in [3.05, 3.63) is 75.5 Å². The monoisotopic (exact) mass is 357 g/mol. The van der Waals surface area contributed by atoms with E-state index in [1.807, 2.05) is 0 Å². The van der Waals surface area contributed by atoms with Crippen LogP contribution in [0.2, 0.25) is 0 Å². The molecule has 2 N–H and O–H groups in total.